The van der Waals surface area contributed by atoms with Gasteiger partial charge in [0.15, 0.2) is 0 Å². The summed E-state index contributed by atoms with van der Waals surface area (Å²) in [5.74, 6) is -0.661. The van der Waals surface area contributed by atoms with Gasteiger partial charge in [0.1, 0.15) is 17.8 Å². The number of rotatable bonds is 4. The maximum absolute atomic E-state index is 13.8. The SMILES string of the molecule is CC(=O)N(c1onc(-c2ccc(F)c(C)c2)c1-c1ccncn1)c1c(Cl)cccc1Cl. The highest BCUT2D eigenvalue weighted by Gasteiger charge is 2.30. The van der Waals surface area contributed by atoms with Crippen LogP contribution >= 0.6 is 23.2 Å². The van der Waals surface area contributed by atoms with Crippen molar-refractivity contribution in [3.8, 4) is 22.5 Å². The van der Waals surface area contributed by atoms with Crippen LogP contribution in [0.15, 0.2) is 59.5 Å². The predicted octanol–water partition coefficient (Wildman–Crippen LogP) is 6.24. The van der Waals surface area contributed by atoms with Gasteiger partial charge in [0.2, 0.25) is 11.8 Å². The second-order valence-electron chi connectivity index (χ2n) is 6.69. The molecule has 31 heavy (non-hydrogen) atoms. The molecule has 0 atom stereocenters. The van der Waals surface area contributed by atoms with Crippen LogP contribution in [-0.4, -0.2) is 21.0 Å². The van der Waals surface area contributed by atoms with Crippen LogP contribution in [-0.2, 0) is 4.79 Å². The minimum atomic E-state index is -0.400. The molecule has 9 heteroatoms. The quantitative estimate of drug-likeness (QED) is 0.363. The third-order valence-electron chi connectivity index (χ3n) is 4.62. The van der Waals surface area contributed by atoms with E-state index in [0.717, 1.165) is 0 Å². The Morgan fingerprint density at radius 1 is 1.13 bits per heavy atom. The monoisotopic (exact) mass is 456 g/mol. The lowest BCUT2D eigenvalue weighted by atomic mass is 10.0. The van der Waals surface area contributed by atoms with Crippen LogP contribution in [0.2, 0.25) is 10.0 Å². The highest BCUT2D eigenvalue weighted by Crippen LogP contribution is 2.45. The van der Waals surface area contributed by atoms with Gasteiger partial charge >= 0.3 is 0 Å². The van der Waals surface area contributed by atoms with Gasteiger partial charge in [-0.1, -0.05) is 34.4 Å². The van der Waals surface area contributed by atoms with Crippen LogP contribution in [0, 0.1) is 12.7 Å². The standard InChI is InChI=1S/C22H15Cl2FN4O2/c1-12-10-14(6-7-17(12)25)20-19(18-8-9-26-11-27-18)22(31-28-20)29(13(2)30)21-15(23)4-3-5-16(21)24/h3-11H,1-2H3. The summed E-state index contributed by atoms with van der Waals surface area (Å²) in [4.78, 5) is 22.2. The van der Waals surface area contributed by atoms with Gasteiger partial charge in [-0.05, 0) is 48.9 Å². The Morgan fingerprint density at radius 2 is 1.87 bits per heavy atom. The second-order valence-corrected chi connectivity index (χ2v) is 7.51. The molecule has 6 nitrogen and oxygen atoms in total. The van der Waals surface area contributed by atoms with Gasteiger partial charge in [-0.15, -0.1) is 0 Å². The average Bonchev–Trinajstić information content (AvgIpc) is 3.17. The van der Waals surface area contributed by atoms with Crippen molar-refractivity contribution in [1.29, 1.82) is 0 Å². The van der Waals surface area contributed by atoms with Crippen molar-refractivity contribution in [3.05, 3.63) is 76.4 Å². The van der Waals surface area contributed by atoms with E-state index in [0.29, 0.717) is 28.1 Å². The molecular weight excluding hydrogens is 442 g/mol. The van der Waals surface area contributed by atoms with Gasteiger partial charge in [-0.25, -0.2) is 19.3 Å². The van der Waals surface area contributed by atoms with Gasteiger partial charge in [-0.2, -0.15) is 0 Å². The van der Waals surface area contributed by atoms with E-state index < -0.39 is 5.91 Å². The molecule has 4 aromatic rings. The van der Waals surface area contributed by atoms with Crippen molar-refractivity contribution in [3.63, 3.8) is 0 Å². The molecule has 0 unspecified atom stereocenters. The number of carbonyl (C=O) groups excluding carboxylic acids is 1. The number of anilines is 2. The summed E-state index contributed by atoms with van der Waals surface area (Å²) < 4.78 is 19.5. The van der Waals surface area contributed by atoms with E-state index >= 15 is 0 Å². The van der Waals surface area contributed by atoms with Gasteiger partial charge in [0.05, 0.1) is 27.0 Å². The van der Waals surface area contributed by atoms with Gasteiger partial charge in [0.25, 0.3) is 0 Å². The minimum Gasteiger partial charge on any atom is -0.336 e. The molecule has 1 amide bonds. The number of aryl methyl sites for hydroxylation is 1. The number of carbonyl (C=O) groups is 1. The molecule has 2 aromatic carbocycles. The molecule has 0 fully saturated rings. The normalized spacial score (nSPS) is 10.9. The Hall–Kier alpha value is -3.29. The molecular formula is C22H15Cl2FN4O2. The van der Waals surface area contributed by atoms with Gasteiger partial charge in [-0.3, -0.25) is 4.79 Å². The van der Waals surface area contributed by atoms with Crippen molar-refractivity contribution in [2.45, 2.75) is 13.8 Å². The number of aromatic nitrogens is 3. The first kappa shape index (κ1) is 21.0. The summed E-state index contributed by atoms with van der Waals surface area (Å²) in [5.41, 5.74) is 2.54. The Kier molecular flexibility index (Phi) is 5.71. The Balaban J connectivity index is 2.01. The molecule has 156 valence electrons. The lowest BCUT2D eigenvalue weighted by Crippen LogP contribution is -2.23. The molecule has 0 bridgehead atoms. The Morgan fingerprint density at radius 3 is 2.48 bits per heavy atom. The fourth-order valence-electron chi connectivity index (χ4n) is 3.20. The summed E-state index contributed by atoms with van der Waals surface area (Å²) in [6, 6.07) is 11.1. The molecule has 0 saturated carbocycles. The van der Waals surface area contributed by atoms with E-state index in [1.807, 2.05) is 0 Å². The van der Waals surface area contributed by atoms with Crippen molar-refractivity contribution >= 4 is 40.7 Å². The largest absolute Gasteiger partial charge is 0.336 e. The maximum atomic E-state index is 13.8. The molecule has 0 aliphatic rings. The number of amides is 1. The number of benzene rings is 2. The third-order valence-corrected chi connectivity index (χ3v) is 5.23. The average molecular weight is 457 g/mol. The van der Waals surface area contributed by atoms with Gasteiger partial charge < -0.3 is 4.52 Å². The zero-order valence-corrected chi connectivity index (χ0v) is 17.9. The number of hydrogen-bond donors (Lipinski definition) is 0. The number of halogens is 3. The molecule has 0 spiro atoms. The molecule has 0 aliphatic carbocycles. The first-order chi connectivity index (χ1) is 14.9. The van der Waals surface area contributed by atoms with E-state index in [9.17, 15) is 9.18 Å². The van der Waals surface area contributed by atoms with E-state index in [4.69, 9.17) is 27.7 Å². The van der Waals surface area contributed by atoms with Crippen LogP contribution in [0.4, 0.5) is 16.0 Å². The van der Waals surface area contributed by atoms with Crippen LogP contribution in [0.5, 0.6) is 0 Å². The maximum Gasteiger partial charge on any atom is 0.248 e. The zero-order valence-electron chi connectivity index (χ0n) is 16.4. The summed E-state index contributed by atoms with van der Waals surface area (Å²) >= 11 is 12.7. The molecule has 0 radical (unpaired) electrons. The highest BCUT2D eigenvalue weighted by atomic mass is 35.5. The van der Waals surface area contributed by atoms with E-state index in [1.54, 1.807) is 49.5 Å². The molecule has 0 N–H and O–H groups in total. The Bertz CT molecular complexity index is 1260. The van der Waals surface area contributed by atoms with Crippen molar-refractivity contribution in [1.82, 2.24) is 15.1 Å². The number of nitrogens with zero attached hydrogens (tertiary/aromatic N) is 4. The zero-order chi connectivity index (χ0) is 22.1. The fourth-order valence-corrected chi connectivity index (χ4v) is 3.76. The molecule has 0 aliphatic heterocycles. The summed E-state index contributed by atoms with van der Waals surface area (Å²) in [6.07, 6.45) is 2.92. The molecule has 2 heterocycles. The van der Waals surface area contributed by atoms with E-state index in [1.165, 1.54) is 24.2 Å². The molecule has 0 saturated heterocycles. The predicted molar refractivity (Wildman–Crippen MR) is 117 cm³/mol. The Labute approximate surface area is 187 Å². The first-order valence-electron chi connectivity index (χ1n) is 9.15. The van der Waals surface area contributed by atoms with Crippen molar-refractivity contribution in [2.75, 3.05) is 4.90 Å². The van der Waals surface area contributed by atoms with Crippen LogP contribution in [0.1, 0.15) is 12.5 Å². The second kappa shape index (κ2) is 8.45. The summed E-state index contributed by atoms with van der Waals surface area (Å²) in [5, 5.41) is 4.70. The highest BCUT2D eigenvalue weighted by molar-refractivity contribution is 6.40. The van der Waals surface area contributed by atoms with Crippen molar-refractivity contribution in [2.24, 2.45) is 0 Å². The van der Waals surface area contributed by atoms with E-state index in [2.05, 4.69) is 15.1 Å². The first-order valence-corrected chi connectivity index (χ1v) is 9.91. The lowest BCUT2D eigenvalue weighted by molar-refractivity contribution is -0.116. The lowest BCUT2D eigenvalue weighted by Gasteiger charge is -2.21. The minimum absolute atomic E-state index is 0.0816. The number of para-hydroxylation sites is 1. The summed E-state index contributed by atoms with van der Waals surface area (Å²) in [7, 11) is 0. The molecule has 2 aromatic heterocycles. The molecule has 4 rings (SSSR count). The topological polar surface area (TPSA) is 72.1 Å². The van der Waals surface area contributed by atoms with Crippen molar-refractivity contribution < 1.29 is 13.7 Å². The van der Waals surface area contributed by atoms with Crippen LogP contribution < -0.4 is 4.90 Å². The van der Waals surface area contributed by atoms with Crippen LogP contribution in [0.3, 0.4) is 0 Å². The fraction of sp³-hybridized carbons (Fsp3) is 0.0909. The third kappa shape index (κ3) is 3.89. The number of hydrogen-bond acceptors (Lipinski definition) is 5. The summed E-state index contributed by atoms with van der Waals surface area (Å²) in [6.45, 7) is 3.00. The van der Waals surface area contributed by atoms with E-state index in [-0.39, 0.29) is 27.4 Å². The smallest absolute Gasteiger partial charge is 0.248 e. The van der Waals surface area contributed by atoms with Crippen LogP contribution in [0.25, 0.3) is 22.5 Å². The van der Waals surface area contributed by atoms with Gasteiger partial charge in [0, 0.05) is 18.7 Å².